The zero-order valence-corrected chi connectivity index (χ0v) is 5.23. The van der Waals surface area contributed by atoms with Crippen LogP contribution in [0.5, 0.6) is 0 Å². The zero-order valence-electron chi connectivity index (χ0n) is 5.23. The van der Waals surface area contributed by atoms with E-state index >= 15 is 0 Å². The van der Waals surface area contributed by atoms with Gasteiger partial charge in [0.1, 0.15) is 0 Å². The van der Waals surface area contributed by atoms with Crippen LogP contribution in [-0.2, 0) is 0 Å². The van der Waals surface area contributed by atoms with E-state index in [1.807, 2.05) is 0 Å². The second-order valence-corrected chi connectivity index (χ2v) is 1.43. The van der Waals surface area contributed by atoms with Crippen LogP contribution in [0.3, 0.4) is 0 Å². The molecule has 0 aromatic carbocycles. The fourth-order valence-electron chi connectivity index (χ4n) is 0.342. The van der Waals surface area contributed by atoms with Crippen molar-refractivity contribution in [2.45, 2.75) is 5.54 Å². The summed E-state index contributed by atoms with van der Waals surface area (Å²) in [7, 11) is 1.62. The van der Waals surface area contributed by atoms with E-state index in [9.17, 15) is 0 Å². The van der Waals surface area contributed by atoms with Crippen molar-refractivity contribution in [3.63, 3.8) is 0 Å². The highest BCUT2D eigenvalue weighted by Gasteiger charge is 2.16. The summed E-state index contributed by atoms with van der Waals surface area (Å²) in [6, 6.07) is 0. The molecule has 0 saturated heterocycles. The van der Waals surface area contributed by atoms with Crippen LogP contribution in [0.25, 0.3) is 0 Å². The van der Waals surface area contributed by atoms with Crippen molar-refractivity contribution in [3.05, 3.63) is 0 Å². The van der Waals surface area contributed by atoms with Gasteiger partial charge in [0.25, 0.3) is 0 Å². The largest absolute Gasteiger partial charge is 0.284 e. The second-order valence-electron chi connectivity index (χ2n) is 1.43. The third-order valence-corrected chi connectivity index (χ3v) is 1.02. The second kappa shape index (κ2) is 2.83. The average molecular weight is 117 g/mol. The molecule has 1 heteroatoms. The average Bonchev–Trinajstić information content (AvgIpc) is 1.95. The van der Waals surface area contributed by atoms with Crippen LogP contribution in [0.2, 0.25) is 0 Å². The third-order valence-electron chi connectivity index (χ3n) is 1.02. The van der Waals surface area contributed by atoms with Gasteiger partial charge in [-0.25, -0.2) is 0 Å². The van der Waals surface area contributed by atoms with Crippen LogP contribution in [0.15, 0.2) is 0 Å². The summed E-state index contributed by atoms with van der Waals surface area (Å²) in [6.45, 7) is 0. The molecule has 0 aromatic rings. The van der Waals surface area contributed by atoms with Crippen LogP contribution in [0.4, 0.5) is 0 Å². The van der Waals surface area contributed by atoms with E-state index in [1.54, 1.807) is 7.05 Å². The Balaban J connectivity index is 4.54. The maximum Gasteiger partial charge on any atom is 0.203 e. The summed E-state index contributed by atoms with van der Waals surface area (Å²) in [6.07, 6.45) is 15.1. The van der Waals surface area contributed by atoms with E-state index in [0.717, 1.165) is 0 Å². The number of terminal acetylenes is 3. The Morgan fingerprint density at radius 2 is 1.44 bits per heavy atom. The molecule has 0 aliphatic carbocycles. The number of hydrogen-bond donors (Lipinski definition) is 1. The van der Waals surface area contributed by atoms with Gasteiger partial charge in [0.2, 0.25) is 5.54 Å². The van der Waals surface area contributed by atoms with Crippen LogP contribution < -0.4 is 5.32 Å². The summed E-state index contributed by atoms with van der Waals surface area (Å²) in [5.74, 6) is 6.84. The molecule has 0 saturated carbocycles. The maximum absolute atomic E-state index is 5.04. The molecule has 0 bridgehead atoms. The summed E-state index contributed by atoms with van der Waals surface area (Å²) < 4.78 is 0. The van der Waals surface area contributed by atoms with E-state index in [4.69, 9.17) is 19.3 Å². The topological polar surface area (TPSA) is 12.0 Å². The molecule has 0 spiro atoms. The molecule has 9 heavy (non-hydrogen) atoms. The predicted molar refractivity (Wildman–Crippen MR) is 38.3 cm³/mol. The SMILES string of the molecule is C#CC(C#C)(C#C)NC. The molecule has 0 atom stereocenters. The van der Waals surface area contributed by atoms with Crippen LogP contribution in [0.1, 0.15) is 0 Å². The molecule has 0 radical (unpaired) electrons. The van der Waals surface area contributed by atoms with Crippen molar-refractivity contribution >= 4 is 0 Å². The number of nitrogens with one attached hydrogen (secondary N) is 1. The lowest BCUT2D eigenvalue weighted by Crippen LogP contribution is -2.37. The molecule has 0 rings (SSSR count). The Bertz CT molecular complexity index is 170. The van der Waals surface area contributed by atoms with Gasteiger partial charge in [0, 0.05) is 0 Å². The first-order valence-corrected chi connectivity index (χ1v) is 2.37. The van der Waals surface area contributed by atoms with Gasteiger partial charge < -0.3 is 0 Å². The van der Waals surface area contributed by atoms with Gasteiger partial charge in [0.05, 0.1) is 0 Å². The van der Waals surface area contributed by atoms with Gasteiger partial charge in [0.15, 0.2) is 0 Å². The molecule has 0 aliphatic heterocycles. The number of rotatable bonds is 1. The molecule has 0 aliphatic rings. The van der Waals surface area contributed by atoms with E-state index in [0.29, 0.717) is 0 Å². The Labute approximate surface area is 55.8 Å². The fourth-order valence-corrected chi connectivity index (χ4v) is 0.342. The number of hydrogen-bond acceptors (Lipinski definition) is 1. The monoisotopic (exact) mass is 117 g/mol. The van der Waals surface area contributed by atoms with Gasteiger partial charge in [-0.2, -0.15) is 0 Å². The fraction of sp³-hybridized carbons (Fsp3) is 0.250. The highest BCUT2D eigenvalue weighted by Crippen LogP contribution is 1.95. The Morgan fingerprint density at radius 3 is 1.44 bits per heavy atom. The van der Waals surface area contributed by atoms with Crippen molar-refractivity contribution in [2.24, 2.45) is 0 Å². The molecule has 1 N–H and O–H groups in total. The van der Waals surface area contributed by atoms with Crippen molar-refractivity contribution in [2.75, 3.05) is 7.05 Å². The first-order valence-electron chi connectivity index (χ1n) is 2.37. The lowest BCUT2D eigenvalue weighted by Gasteiger charge is -2.12. The van der Waals surface area contributed by atoms with E-state index in [1.165, 1.54) is 0 Å². The minimum absolute atomic E-state index is 1.00. The normalized spacial score (nSPS) is 8.67. The summed E-state index contributed by atoms with van der Waals surface area (Å²) in [5.41, 5.74) is -1.00. The molecule has 0 fully saturated rings. The van der Waals surface area contributed by atoms with Gasteiger partial charge in [-0.1, -0.05) is 17.8 Å². The smallest absolute Gasteiger partial charge is 0.203 e. The van der Waals surface area contributed by atoms with E-state index in [-0.39, 0.29) is 0 Å². The standard InChI is InChI=1S/C8H7N/c1-5-8(6-2,7-3)9-4/h1-3,9H,4H3. The van der Waals surface area contributed by atoms with E-state index in [2.05, 4.69) is 23.1 Å². The van der Waals surface area contributed by atoms with E-state index < -0.39 is 5.54 Å². The highest BCUT2D eigenvalue weighted by atomic mass is 14.9. The minimum Gasteiger partial charge on any atom is -0.284 e. The Kier molecular flexibility index (Phi) is 2.40. The molecule has 0 amide bonds. The first kappa shape index (κ1) is 7.64. The maximum atomic E-state index is 5.04. The zero-order chi connectivity index (χ0) is 7.33. The predicted octanol–water partition coefficient (Wildman–Crippen LogP) is -0.156. The van der Waals surface area contributed by atoms with Crippen LogP contribution in [-0.4, -0.2) is 12.6 Å². The molecule has 44 valence electrons. The van der Waals surface area contributed by atoms with Gasteiger partial charge >= 0.3 is 0 Å². The molecular weight excluding hydrogens is 110 g/mol. The highest BCUT2D eigenvalue weighted by molar-refractivity contribution is 5.41. The molecule has 0 unspecified atom stereocenters. The summed E-state index contributed by atoms with van der Waals surface area (Å²) in [4.78, 5) is 0. The third kappa shape index (κ3) is 1.26. The summed E-state index contributed by atoms with van der Waals surface area (Å²) in [5, 5.41) is 2.66. The van der Waals surface area contributed by atoms with Gasteiger partial charge in [-0.05, 0) is 7.05 Å². The van der Waals surface area contributed by atoms with Gasteiger partial charge in [-0.15, -0.1) is 19.3 Å². The Hall–Kier alpha value is -1.36. The Morgan fingerprint density at radius 1 is 1.11 bits per heavy atom. The van der Waals surface area contributed by atoms with Crippen molar-refractivity contribution in [1.29, 1.82) is 0 Å². The minimum atomic E-state index is -1.00. The molecule has 0 aromatic heterocycles. The van der Waals surface area contributed by atoms with Crippen molar-refractivity contribution in [1.82, 2.24) is 5.32 Å². The molecule has 0 heterocycles. The van der Waals surface area contributed by atoms with Crippen molar-refractivity contribution < 1.29 is 0 Å². The molecular formula is C8H7N. The first-order chi connectivity index (χ1) is 4.24. The van der Waals surface area contributed by atoms with Crippen molar-refractivity contribution in [3.8, 4) is 37.0 Å². The quantitative estimate of drug-likeness (QED) is 0.471. The summed E-state index contributed by atoms with van der Waals surface area (Å²) >= 11 is 0. The molecule has 1 nitrogen and oxygen atoms in total. The lowest BCUT2D eigenvalue weighted by molar-refractivity contribution is 0.718. The van der Waals surface area contributed by atoms with Gasteiger partial charge in [-0.3, -0.25) is 5.32 Å². The lowest BCUT2D eigenvalue weighted by atomic mass is 10.0. The van der Waals surface area contributed by atoms with Crippen LogP contribution in [0, 0.1) is 37.0 Å². The van der Waals surface area contributed by atoms with Crippen LogP contribution >= 0.6 is 0 Å².